The fourth-order valence-corrected chi connectivity index (χ4v) is 5.97. The van der Waals surface area contributed by atoms with Gasteiger partial charge in [-0.05, 0) is 24.6 Å². The first kappa shape index (κ1) is 39.1. The molecule has 1 heterocycles. The van der Waals surface area contributed by atoms with Gasteiger partial charge in [0.05, 0.1) is 23.7 Å². The molecule has 0 N–H and O–H groups in total. The number of unbranched alkanes of at least 4 members (excludes halogenated alkanes) is 11. The number of aryl methyl sites for hydroxylation is 1. The number of aromatic nitrogens is 1. The van der Waals surface area contributed by atoms with Crippen LogP contribution in [0, 0.1) is 0 Å². The van der Waals surface area contributed by atoms with Crippen molar-refractivity contribution in [2.45, 2.75) is 90.5 Å². The Morgan fingerprint density at radius 2 is 1.18 bits per heavy atom. The number of hydrogen-bond donors (Lipinski definition) is 0. The van der Waals surface area contributed by atoms with E-state index in [1.165, 1.54) is 57.8 Å². The molecule has 0 bridgehead atoms. The predicted molar refractivity (Wildman–Crippen MR) is 204 cm³/mol. The molecule has 0 atom stereocenters. The molecule has 0 unspecified atom stereocenters. The lowest BCUT2D eigenvalue weighted by molar-refractivity contribution is 0.326. The van der Waals surface area contributed by atoms with Crippen LogP contribution in [0.1, 0.15) is 84.0 Å². The summed E-state index contributed by atoms with van der Waals surface area (Å²) in [4.78, 5) is 14.4. The Morgan fingerprint density at radius 3 is 1.78 bits per heavy atom. The van der Waals surface area contributed by atoms with Gasteiger partial charge in [-0.3, -0.25) is 4.79 Å². The van der Waals surface area contributed by atoms with E-state index < -0.39 is 0 Å². The predicted octanol–water partition coefficient (Wildman–Crippen LogP) is 10.6. The van der Waals surface area contributed by atoms with Gasteiger partial charge in [0.1, 0.15) is 37.9 Å². The molecule has 7 heteroatoms. The normalized spacial score (nSPS) is 10.8. The lowest BCUT2D eigenvalue weighted by Gasteiger charge is -2.23. The third kappa shape index (κ3) is 11.6. The van der Waals surface area contributed by atoms with Gasteiger partial charge in [0.25, 0.3) is 0 Å². The smallest absolute Gasteiger partial charge is 0.235 e. The molecule has 0 amide bonds. The highest BCUT2D eigenvalue weighted by Crippen LogP contribution is 2.40. The largest absolute Gasteiger partial charge is 0.493 e. The zero-order chi connectivity index (χ0) is 35.3. The Kier molecular flexibility index (Phi) is 17.8. The second-order valence-corrected chi connectivity index (χ2v) is 12.1. The van der Waals surface area contributed by atoms with Crippen LogP contribution in [0.3, 0.4) is 0 Å². The monoisotopic (exact) mass is 671 g/mol. The average molecular weight is 672 g/mol. The minimum atomic E-state index is -0.280. The Bertz CT molecular complexity index is 1560. The average Bonchev–Trinajstić information content (AvgIpc) is 3.12. The van der Waals surface area contributed by atoms with Gasteiger partial charge in [-0.15, -0.1) is 0 Å². The number of nitrogens with zero attached hydrogens (tertiary/aromatic N) is 1. The highest BCUT2D eigenvalue weighted by molar-refractivity contribution is 5.92. The first-order chi connectivity index (χ1) is 24.0. The quantitative estimate of drug-likeness (QED) is 0.0593. The maximum atomic E-state index is 14.4. The Balaban J connectivity index is 2.07. The van der Waals surface area contributed by atoms with Crippen molar-refractivity contribution in [3.63, 3.8) is 0 Å². The van der Waals surface area contributed by atoms with Crippen LogP contribution in [-0.2, 0) is 6.54 Å². The molecule has 3 rings (SSSR count). The van der Waals surface area contributed by atoms with E-state index in [4.69, 9.17) is 23.7 Å². The van der Waals surface area contributed by atoms with Gasteiger partial charge < -0.3 is 28.3 Å². The fraction of sp³-hybridized carbons (Fsp3) is 0.452. The van der Waals surface area contributed by atoms with Crippen LogP contribution in [0.5, 0.6) is 28.7 Å². The number of fused-ring (bicyclic) bond motifs is 1. The number of benzene rings is 2. The number of pyridine rings is 1. The SMILES string of the molecule is C=CCOc1cc(OCC=C)c2c(=O)c(OCC=C)c(-c3ccc(OCC=C)c(OC)c3)n(CCCCCCCCCCCCCC)c2c1. The van der Waals surface area contributed by atoms with Gasteiger partial charge in [0.15, 0.2) is 17.2 Å². The molecule has 0 saturated carbocycles. The Labute approximate surface area is 293 Å². The molecule has 0 aliphatic heterocycles. The first-order valence-corrected chi connectivity index (χ1v) is 17.9. The van der Waals surface area contributed by atoms with E-state index in [1.54, 1.807) is 37.5 Å². The topological polar surface area (TPSA) is 68.2 Å². The van der Waals surface area contributed by atoms with Crippen LogP contribution in [0.4, 0.5) is 0 Å². The number of methoxy groups -OCH3 is 1. The third-order valence-corrected chi connectivity index (χ3v) is 8.36. The summed E-state index contributed by atoms with van der Waals surface area (Å²) in [6.07, 6.45) is 21.7. The second kappa shape index (κ2) is 22.3. The zero-order valence-electron chi connectivity index (χ0n) is 29.9. The van der Waals surface area contributed by atoms with E-state index in [-0.39, 0.29) is 24.4 Å². The molecule has 0 aliphatic carbocycles. The third-order valence-electron chi connectivity index (χ3n) is 8.36. The molecule has 0 aliphatic rings. The van der Waals surface area contributed by atoms with Crippen LogP contribution >= 0.6 is 0 Å². The van der Waals surface area contributed by atoms with E-state index in [9.17, 15) is 4.79 Å². The molecule has 7 nitrogen and oxygen atoms in total. The highest BCUT2D eigenvalue weighted by Gasteiger charge is 2.24. The molecular formula is C42H57NO6. The minimum absolute atomic E-state index is 0.160. The number of rotatable bonds is 27. The second-order valence-electron chi connectivity index (χ2n) is 12.1. The Morgan fingerprint density at radius 1 is 0.633 bits per heavy atom. The molecule has 0 spiro atoms. The fourth-order valence-electron chi connectivity index (χ4n) is 5.97. The van der Waals surface area contributed by atoms with Gasteiger partial charge in [0, 0.05) is 24.2 Å². The lowest BCUT2D eigenvalue weighted by Crippen LogP contribution is -2.18. The molecule has 0 saturated heterocycles. The van der Waals surface area contributed by atoms with Crippen LogP contribution in [0.25, 0.3) is 22.2 Å². The van der Waals surface area contributed by atoms with Crippen molar-refractivity contribution in [2.24, 2.45) is 0 Å². The standard InChI is InChI=1S/C42H57NO6/c1-7-12-13-14-15-16-17-18-19-20-21-22-25-43-35-31-34(46-26-8-2)32-38(48-28-10-4)39(35)41(44)42(49-29-11-5)40(43)33-23-24-36(47-27-9-3)37(30-33)45-6/h8-11,23-24,30-32H,2-5,7,12-22,25-29H2,1,6H3. The zero-order valence-corrected chi connectivity index (χ0v) is 29.9. The van der Waals surface area contributed by atoms with Crippen molar-refractivity contribution < 1.29 is 23.7 Å². The van der Waals surface area contributed by atoms with Crippen LogP contribution in [0.15, 0.2) is 85.7 Å². The summed E-state index contributed by atoms with van der Waals surface area (Å²) in [5, 5.41) is 0.424. The van der Waals surface area contributed by atoms with Crippen LogP contribution in [0.2, 0.25) is 0 Å². The van der Waals surface area contributed by atoms with E-state index in [0.717, 1.165) is 24.8 Å². The summed E-state index contributed by atoms with van der Waals surface area (Å²) in [7, 11) is 1.60. The Hall–Kier alpha value is -4.39. The van der Waals surface area contributed by atoms with Crippen LogP contribution in [-0.4, -0.2) is 38.1 Å². The van der Waals surface area contributed by atoms with Crippen molar-refractivity contribution in [2.75, 3.05) is 33.5 Å². The van der Waals surface area contributed by atoms with Crippen molar-refractivity contribution in [3.05, 3.63) is 91.2 Å². The molecule has 2 aromatic carbocycles. The van der Waals surface area contributed by atoms with Crippen molar-refractivity contribution >= 4 is 10.9 Å². The lowest BCUT2D eigenvalue weighted by atomic mass is 10.0. The maximum Gasteiger partial charge on any atom is 0.235 e. The first-order valence-electron chi connectivity index (χ1n) is 17.9. The molecular weight excluding hydrogens is 614 g/mol. The van der Waals surface area contributed by atoms with Gasteiger partial charge in [0.2, 0.25) is 5.43 Å². The van der Waals surface area contributed by atoms with Gasteiger partial charge in [-0.1, -0.05) is 128 Å². The van der Waals surface area contributed by atoms with Gasteiger partial charge in [-0.25, -0.2) is 0 Å². The maximum absolute atomic E-state index is 14.4. The van der Waals surface area contributed by atoms with Crippen molar-refractivity contribution in [1.82, 2.24) is 4.57 Å². The summed E-state index contributed by atoms with van der Waals surface area (Å²) >= 11 is 0. The molecule has 0 radical (unpaired) electrons. The van der Waals surface area contributed by atoms with Crippen LogP contribution < -0.4 is 29.1 Å². The number of hydrogen-bond acceptors (Lipinski definition) is 6. The van der Waals surface area contributed by atoms with E-state index in [1.807, 2.05) is 24.3 Å². The number of ether oxygens (including phenoxy) is 5. The molecule has 49 heavy (non-hydrogen) atoms. The van der Waals surface area contributed by atoms with Crippen molar-refractivity contribution in [1.29, 1.82) is 0 Å². The van der Waals surface area contributed by atoms with E-state index in [2.05, 4.69) is 37.8 Å². The summed E-state index contributed by atoms with van der Waals surface area (Å²) in [5.41, 5.74) is 1.82. The van der Waals surface area contributed by atoms with Gasteiger partial charge >= 0.3 is 0 Å². The summed E-state index contributed by atoms with van der Waals surface area (Å²) in [5.74, 6) is 2.32. The summed E-state index contributed by atoms with van der Waals surface area (Å²) in [6.45, 7) is 19.1. The minimum Gasteiger partial charge on any atom is -0.493 e. The van der Waals surface area contributed by atoms with E-state index >= 15 is 0 Å². The molecule has 1 aromatic heterocycles. The summed E-state index contributed by atoms with van der Waals surface area (Å²) in [6, 6.07) is 9.30. The van der Waals surface area contributed by atoms with Crippen molar-refractivity contribution in [3.8, 4) is 40.0 Å². The molecule has 3 aromatic rings. The summed E-state index contributed by atoms with van der Waals surface area (Å²) < 4.78 is 32.0. The highest BCUT2D eigenvalue weighted by atomic mass is 16.5. The van der Waals surface area contributed by atoms with Gasteiger partial charge in [-0.2, -0.15) is 0 Å². The molecule has 266 valence electrons. The van der Waals surface area contributed by atoms with E-state index in [0.29, 0.717) is 59.4 Å². The molecule has 0 fully saturated rings.